The third-order valence-corrected chi connectivity index (χ3v) is 3.49. The molecule has 0 spiro atoms. The van der Waals surface area contributed by atoms with Crippen LogP contribution in [0.2, 0.25) is 0 Å². The average molecular weight is 266 g/mol. The van der Waals surface area contributed by atoms with E-state index in [-0.39, 0.29) is 11.9 Å². The SMILES string of the molecule is COCC(C)(C)C(=O)N1CC(n2nc(C)nc2C)C1. The molecular weight excluding hydrogens is 244 g/mol. The largest absolute Gasteiger partial charge is 0.384 e. The van der Waals surface area contributed by atoms with Crippen molar-refractivity contribution in [1.82, 2.24) is 19.7 Å². The van der Waals surface area contributed by atoms with Crippen LogP contribution in [0.5, 0.6) is 0 Å². The topological polar surface area (TPSA) is 60.2 Å². The lowest BCUT2D eigenvalue weighted by Crippen LogP contribution is -2.55. The van der Waals surface area contributed by atoms with Crippen LogP contribution in [0.3, 0.4) is 0 Å². The Hall–Kier alpha value is -1.43. The molecule has 0 bridgehead atoms. The number of methoxy groups -OCH3 is 1. The Morgan fingerprint density at radius 2 is 2.05 bits per heavy atom. The zero-order valence-corrected chi connectivity index (χ0v) is 12.3. The molecule has 106 valence electrons. The second-order valence-corrected chi connectivity index (χ2v) is 5.83. The molecule has 19 heavy (non-hydrogen) atoms. The number of amides is 1. The van der Waals surface area contributed by atoms with Gasteiger partial charge in [0.05, 0.1) is 18.1 Å². The molecule has 1 aliphatic rings. The standard InChI is InChI=1S/C13H22N4O2/c1-9-14-10(2)17(15-9)11-6-16(7-11)12(18)13(3,4)8-19-5/h11H,6-8H2,1-5H3. The van der Waals surface area contributed by atoms with Crippen molar-refractivity contribution in [2.24, 2.45) is 5.41 Å². The highest BCUT2D eigenvalue weighted by Gasteiger charge is 2.40. The minimum absolute atomic E-state index is 0.139. The third kappa shape index (κ3) is 2.63. The monoisotopic (exact) mass is 266 g/mol. The van der Waals surface area contributed by atoms with Crippen LogP contribution < -0.4 is 0 Å². The van der Waals surface area contributed by atoms with Gasteiger partial charge in [-0.3, -0.25) is 4.79 Å². The highest BCUT2D eigenvalue weighted by molar-refractivity contribution is 5.82. The average Bonchev–Trinajstić information content (AvgIpc) is 2.55. The van der Waals surface area contributed by atoms with Gasteiger partial charge in [0.25, 0.3) is 0 Å². The minimum atomic E-state index is -0.465. The summed E-state index contributed by atoms with van der Waals surface area (Å²) in [6, 6.07) is 0.253. The van der Waals surface area contributed by atoms with Gasteiger partial charge in [-0.1, -0.05) is 0 Å². The summed E-state index contributed by atoms with van der Waals surface area (Å²) in [5.41, 5.74) is -0.465. The summed E-state index contributed by atoms with van der Waals surface area (Å²) in [7, 11) is 1.62. The van der Waals surface area contributed by atoms with Crippen molar-refractivity contribution in [3.8, 4) is 0 Å². The van der Waals surface area contributed by atoms with Gasteiger partial charge in [0.1, 0.15) is 11.6 Å². The van der Waals surface area contributed by atoms with Crippen LogP contribution in [0, 0.1) is 19.3 Å². The second-order valence-electron chi connectivity index (χ2n) is 5.83. The van der Waals surface area contributed by atoms with Crippen LogP contribution in [0.15, 0.2) is 0 Å². The maximum absolute atomic E-state index is 12.3. The first-order valence-electron chi connectivity index (χ1n) is 6.53. The van der Waals surface area contributed by atoms with Gasteiger partial charge >= 0.3 is 0 Å². The van der Waals surface area contributed by atoms with Crippen molar-refractivity contribution in [3.63, 3.8) is 0 Å². The summed E-state index contributed by atoms with van der Waals surface area (Å²) < 4.78 is 7.02. The molecule has 2 rings (SSSR count). The molecule has 1 aromatic rings. The molecular formula is C13H22N4O2. The second kappa shape index (κ2) is 4.92. The molecule has 0 aromatic carbocycles. The summed E-state index contributed by atoms with van der Waals surface area (Å²) in [5.74, 6) is 1.83. The van der Waals surface area contributed by atoms with E-state index in [1.165, 1.54) is 0 Å². The fourth-order valence-electron chi connectivity index (χ4n) is 2.51. The van der Waals surface area contributed by atoms with Crippen molar-refractivity contribution < 1.29 is 9.53 Å². The summed E-state index contributed by atoms with van der Waals surface area (Å²) in [6.45, 7) is 9.50. The van der Waals surface area contributed by atoms with Crippen LogP contribution in [-0.4, -0.2) is 52.4 Å². The fourth-order valence-corrected chi connectivity index (χ4v) is 2.51. The number of nitrogens with zero attached hydrogens (tertiary/aromatic N) is 4. The number of rotatable bonds is 4. The molecule has 1 saturated heterocycles. The Kier molecular flexibility index (Phi) is 3.62. The normalized spacial score (nSPS) is 16.6. The molecule has 2 heterocycles. The number of carbonyl (C=O) groups is 1. The van der Waals surface area contributed by atoms with E-state index in [1.54, 1.807) is 7.11 Å². The number of hydrogen-bond acceptors (Lipinski definition) is 4. The van der Waals surface area contributed by atoms with Crippen LogP contribution >= 0.6 is 0 Å². The van der Waals surface area contributed by atoms with Crippen LogP contribution in [0.25, 0.3) is 0 Å². The van der Waals surface area contributed by atoms with Crippen molar-refractivity contribution in [2.45, 2.75) is 33.7 Å². The fraction of sp³-hybridized carbons (Fsp3) is 0.769. The highest BCUT2D eigenvalue weighted by Crippen LogP contribution is 2.28. The predicted molar refractivity (Wildman–Crippen MR) is 70.8 cm³/mol. The van der Waals surface area contributed by atoms with Gasteiger partial charge < -0.3 is 9.64 Å². The summed E-state index contributed by atoms with van der Waals surface area (Å²) in [4.78, 5) is 18.5. The number of hydrogen-bond donors (Lipinski definition) is 0. The molecule has 1 amide bonds. The number of aryl methyl sites for hydroxylation is 2. The van der Waals surface area contributed by atoms with Crippen molar-refractivity contribution in [3.05, 3.63) is 11.6 Å². The number of carbonyl (C=O) groups excluding carboxylic acids is 1. The van der Waals surface area contributed by atoms with E-state index in [4.69, 9.17) is 4.74 Å². The Morgan fingerprint density at radius 1 is 1.42 bits per heavy atom. The zero-order valence-electron chi connectivity index (χ0n) is 12.3. The predicted octanol–water partition coefficient (Wildman–Crippen LogP) is 0.951. The van der Waals surface area contributed by atoms with Crippen LogP contribution in [0.1, 0.15) is 31.5 Å². The number of likely N-dealkylation sites (tertiary alicyclic amines) is 1. The van der Waals surface area contributed by atoms with Crippen molar-refractivity contribution in [2.75, 3.05) is 26.8 Å². The van der Waals surface area contributed by atoms with E-state index >= 15 is 0 Å². The van der Waals surface area contributed by atoms with Crippen LogP contribution in [0.4, 0.5) is 0 Å². The van der Waals surface area contributed by atoms with Gasteiger partial charge in [0.2, 0.25) is 5.91 Å². The van der Waals surface area contributed by atoms with E-state index in [9.17, 15) is 4.79 Å². The molecule has 0 unspecified atom stereocenters. The van der Waals surface area contributed by atoms with Gasteiger partial charge in [-0.15, -0.1) is 0 Å². The minimum Gasteiger partial charge on any atom is -0.384 e. The smallest absolute Gasteiger partial charge is 0.230 e. The maximum Gasteiger partial charge on any atom is 0.230 e. The first kappa shape index (κ1) is 14.0. The van der Waals surface area contributed by atoms with E-state index < -0.39 is 5.41 Å². The van der Waals surface area contributed by atoms with Crippen molar-refractivity contribution in [1.29, 1.82) is 0 Å². The van der Waals surface area contributed by atoms with E-state index in [1.807, 2.05) is 37.3 Å². The van der Waals surface area contributed by atoms with Crippen molar-refractivity contribution >= 4 is 5.91 Å². The molecule has 0 aliphatic carbocycles. The molecule has 1 aromatic heterocycles. The molecule has 6 nitrogen and oxygen atoms in total. The molecule has 0 saturated carbocycles. The van der Waals surface area contributed by atoms with Crippen LogP contribution in [-0.2, 0) is 9.53 Å². The molecule has 0 N–H and O–H groups in total. The zero-order chi connectivity index (χ0) is 14.2. The quantitative estimate of drug-likeness (QED) is 0.814. The molecule has 1 aliphatic heterocycles. The molecule has 6 heteroatoms. The Labute approximate surface area is 113 Å². The highest BCUT2D eigenvalue weighted by atomic mass is 16.5. The lowest BCUT2D eigenvalue weighted by Gasteiger charge is -2.43. The first-order valence-corrected chi connectivity index (χ1v) is 6.53. The van der Waals surface area contributed by atoms with Gasteiger partial charge in [-0.05, 0) is 27.7 Å². The van der Waals surface area contributed by atoms with Gasteiger partial charge in [0, 0.05) is 20.2 Å². The number of ether oxygens (including phenoxy) is 1. The number of aromatic nitrogens is 3. The summed E-state index contributed by atoms with van der Waals surface area (Å²) in [6.07, 6.45) is 0. The molecule has 0 radical (unpaired) electrons. The van der Waals surface area contributed by atoms with Gasteiger partial charge in [-0.2, -0.15) is 5.10 Å². The summed E-state index contributed by atoms with van der Waals surface area (Å²) >= 11 is 0. The van der Waals surface area contributed by atoms with E-state index in [0.29, 0.717) is 19.7 Å². The van der Waals surface area contributed by atoms with E-state index in [2.05, 4.69) is 10.1 Å². The Balaban J connectivity index is 1.96. The van der Waals surface area contributed by atoms with Gasteiger partial charge in [0.15, 0.2) is 0 Å². The maximum atomic E-state index is 12.3. The molecule has 1 fully saturated rings. The Bertz CT molecular complexity index is 475. The molecule has 0 atom stereocenters. The lowest BCUT2D eigenvalue weighted by molar-refractivity contribution is -0.149. The van der Waals surface area contributed by atoms with E-state index in [0.717, 1.165) is 11.6 Å². The Morgan fingerprint density at radius 3 is 2.53 bits per heavy atom. The summed E-state index contributed by atoms with van der Waals surface area (Å²) in [5, 5.41) is 4.37. The lowest BCUT2D eigenvalue weighted by atomic mass is 9.90. The first-order chi connectivity index (χ1) is 8.85. The van der Waals surface area contributed by atoms with Gasteiger partial charge in [-0.25, -0.2) is 9.67 Å². The third-order valence-electron chi connectivity index (χ3n) is 3.49.